The quantitative estimate of drug-likeness (QED) is 0.343. The van der Waals surface area contributed by atoms with Crippen molar-refractivity contribution in [1.82, 2.24) is 0 Å². The molecule has 0 radical (unpaired) electrons. The van der Waals surface area contributed by atoms with Gasteiger partial charge < -0.3 is 29.6 Å². The van der Waals surface area contributed by atoms with Crippen LogP contribution in [-0.4, -0.2) is 58.3 Å². The fourth-order valence-corrected chi connectivity index (χ4v) is 4.13. The lowest BCUT2D eigenvalue weighted by Gasteiger charge is -2.37. The molecule has 3 aromatic rings. The zero-order valence-corrected chi connectivity index (χ0v) is 17.0. The Kier molecular flexibility index (Phi) is 5.67. The molecular weight excluding hydrogens is 448 g/mol. The van der Waals surface area contributed by atoms with Crippen LogP contribution < -0.4 is 5.43 Å². The number of aliphatic hydroxyl groups excluding tert-OH is 2. The van der Waals surface area contributed by atoms with Crippen molar-refractivity contribution < 1.29 is 46.7 Å². The van der Waals surface area contributed by atoms with E-state index in [0.717, 1.165) is 12.1 Å². The van der Waals surface area contributed by atoms with Crippen LogP contribution in [0.5, 0.6) is 11.5 Å². The van der Waals surface area contributed by atoms with Crippen LogP contribution in [0.1, 0.15) is 11.7 Å². The van der Waals surface area contributed by atoms with E-state index in [9.17, 15) is 33.6 Å². The van der Waals surface area contributed by atoms with E-state index in [2.05, 4.69) is 4.18 Å². The Balaban J connectivity index is 1.98. The smallest absolute Gasteiger partial charge is 0.397 e. The molecule has 0 amide bonds. The van der Waals surface area contributed by atoms with Crippen molar-refractivity contribution in [3.8, 4) is 22.8 Å². The van der Waals surface area contributed by atoms with Crippen LogP contribution in [0.15, 0.2) is 51.7 Å². The van der Waals surface area contributed by atoms with Crippen LogP contribution in [0, 0.1) is 0 Å². The summed E-state index contributed by atoms with van der Waals surface area (Å²) in [6, 6.07) is 10.4. The molecule has 1 aromatic heterocycles. The minimum absolute atomic E-state index is 0.0676. The fraction of sp³-hybridized carbons (Fsp3) is 0.250. The molecule has 1 fully saturated rings. The zero-order chi connectivity index (χ0) is 23.2. The molecule has 4 rings (SSSR count). The average molecular weight is 466 g/mol. The van der Waals surface area contributed by atoms with Gasteiger partial charge in [0.2, 0.25) is 0 Å². The molecule has 170 valence electrons. The highest BCUT2D eigenvalue weighted by atomic mass is 32.3. The molecule has 0 saturated carbocycles. The van der Waals surface area contributed by atoms with Crippen molar-refractivity contribution >= 4 is 21.4 Å². The largest absolute Gasteiger partial charge is 0.507 e. The summed E-state index contributed by atoms with van der Waals surface area (Å²) in [5.74, 6) is -1.21. The number of hydrogen-bond donors (Lipinski definition) is 5. The SMILES string of the molecule is O=c1cc(-c2ccccc2)oc2c(C3OCC(O)C(O)C3OS(=O)(=O)O)c(O)cc(O)c12. The third kappa shape index (κ3) is 4.07. The lowest BCUT2D eigenvalue weighted by atomic mass is 9.92. The first-order valence-electron chi connectivity index (χ1n) is 9.28. The summed E-state index contributed by atoms with van der Waals surface area (Å²) in [7, 11) is -5.13. The van der Waals surface area contributed by atoms with Gasteiger partial charge in [0, 0.05) is 17.7 Å². The maximum Gasteiger partial charge on any atom is 0.397 e. The van der Waals surface area contributed by atoms with Gasteiger partial charge in [0.25, 0.3) is 0 Å². The van der Waals surface area contributed by atoms with Gasteiger partial charge in [-0.05, 0) is 0 Å². The number of benzene rings is 2. The van der Waals surface area contributed by atoms with Crippen LogP contribution in [-0.2, 0) is 19.3 Å². The van der Waals surface area contributed by atoms with E-state index in [1.807, 2.05) is 0 Å². The second kappa shape index (κ2) is 8.16. The fourth-order valence-electron chi connectivity index (χ4n) is 3.63. The van der Waals surface area contributed by atoms with Gasteiger partial charge in [-0.3, -0.25) is 9.35 Å². The number of aromatic hydroxyl groups is 2. The maximum absolute atomic E-state index is 12.8. The molecule has 12 heteroatoms. The van der Waals surface area contributed by atoms with Crippen LogP contribution in [0.25, 0.3) is 22.3 Å². The normalized spacial score (nSPS) is 24.0. The first kappa shape index (κ1) is 22.2. The van der Waals surface area contributed by atoms with E-state index in [4.69, 9.17) is 13.7 Å². The Morgan fingerprint density at radius 2 is 1.72 bits per heavy atom. The Morgan fingerprint density at radius 1 is 1.03 bits per heavy atom. The number of phenols is 2. The monoisotopic (exact) mass is 466 g/mol. The number of fused-ring (bicyclic) bond motifs is 1. The standard InChI is InChI=1S/C20H18O11S/c21-10-6-11(22)16(19-20(31-32(26,27)28)17(25)13(24)8-29-19)18-15(10)12(23)7-14(30-18)9-4-2-1-3-5-9/h1-7,13,17,19-22,24-25H,8H2,(H,26,27,28). The number of hydrogen-bond acceptors (Lipinski definition) is 10. The molecule has 5 N–H and O–H groups in total. The highest BCUT2D eigenvalue weighted by molar-refractivity contribution is 7.80. The van der Waals surface area contributed by atoms with Crippen molar-refractivity contribution in [2.24, 2.45) is 0 Å². The molecule has 0 aliphatic carbocycles. The molecule has 1 aliphatic rings. The van der Waals surface area contributed by atoms with Crippen molar-refractivity contribution in [3.05, 3.63) is 58.3 Å². The lowest BCUT2D eigenvalue weighted by Crippen LogP contribution is -2.51. The molecule has 1 aliphatic heterocycles. The first-order valence-corrected chi connectivity index (χ1v) is 10.6. The molecule has 4 atom stereocenters. The molecule has 11 nitrogen and oxygen atoms in total. The van der Waals surface area contributed by atoms with Crippen molar-refractivity contribution in [2.75, 3.05) is 6.61 Å². The number of rotatable bonds is 4. The molecule has 2 aromatic carbocycles. The molecule has 1 saturated heterocycles. The van der Waals surface area contributed by atoms with Gasteiger partial charge in [-0.25, -0.2) is 4.18 Å². The van der Waals surface area contributed by atoms with E-state index in [0.29, 0.717) is 5.56 Å². The van der Waals surface area contributed by atoms with Crippen molar-refractivity contribution in [3.63, 3.8) is 0 Å². The van der Waals surface area contributed by atoms with Gasteiger partial charge in [-0.15, -0.1) is 0 Å². The van der Waals surface area contributed by atoms with E-state index >= 15 is 0 Å². The Hall–Kier alpha value is -3.00. The maximum atomic E-state index is 12.8. The van der Waals surface area contributed by atoms with E-state index < -0.39 is 58.3 Å². The summed E-state index contributed by atoms with van der Waals surface area (Å²) in [5.41, 5.74) is -0.864. The second-order valence-corrected chi connectivity index (χ2v) is 8.22. The number of aliphatic hydroxyl groups is 2. The topological polar surface area (TPSA) is 184 Å². The summed E-state index contributed by atoms with van der Waals surface area (Å²) in [6.07, 6.45) is -6.97. The van der Waals surface area contributed by atoms with Gasteiger partial charge in [0.1, 0.15) is 47.1 Å². The lowest BCUT2D eigenvalue weighted by molar-refractivity contribution is -0.181. The van der Waals surface area contributed by atoms with Crippen LogP contribution >= 0.6 is 0 Å². The summed E-state index contributed by atoms with van der Waals surface area (Å²) < 4.78 is 47.5. The van der Waals surface area contributed by atoms with Crippen LogP contribution in [0.4, 0.5) is 0 Å². The molecule has 0 spiro atoms. The Morgan fingerprint density at radius 3 is 2.38 bits per heavy atom. The average Bonchev–Trinajstić information content (AvgIpc) is 2.72. The van der Waals surface area contributed by atoms with Gasteiger partial charge >= 0.3 is 10.4 Å². The van der Waals surface area contributed by atoms with Crippen molar-refractivity contribution in [2.45, 2.75) is 24.4 Å². The Bertz CT molecular complexity index is 1320. The minimum Gasteiger partial charge on any atom is -0.507 e. The first-order chi connectivity index (χ1) is 15.1. The molecule has 32 heavy (non-hydrogen) atoms. The second-order valence-electron chi connectivity index (χ2n) is 7.17. The van der Waals surface area contributed by atoms with Crippen LogP contribution in [0.3, 0.4) is 0 Å². The molecular formula is C20H18O11S. The highest BCUT2D eigenvalue weighted by Gasteiger charge is 2.45. The third-order valence-corrected chi connectivity index (χ3v) is 5.51. The van der Waals surface area contributed by atoms with Gasteiger partial charge in [0.15, 0.2) is 11.0 Å². The number of phenolic OH excluding ortho intramolecular Hbond substituents is 2. The predicted octanol–water partition coefficient (Wildman–Crippen LogP) is 0.852. The third-order valence-electron chi connectivity index (χ3n) is 5.05. The molecule has 2 heterocycles. The summed E-state index contributed by atoms with van der Waals surface area (Å²) in [5, 5.41) is 40.6. The Labute approximate surface area is 180 Å². The summed E-state index contributed by atoms with van der Waals surface area (Å²) >= 11 is 0. The summed E-state index contributed by atoms with van der Waals surface area (Å²) in [4.78, 5) is 12.8. The predicted molar refractivity (Wildman–Crippen MR) is 108 cm³/mol. The van der Waals surface area contributed by atoms with Gasteiger partial charge in [-0.2, -0.15) is 8.42 Å². The molecule has 0 bridgehead atoms. The van der Waals surface area contributed by atoms with E-state index in [-0.39, 0.29) is 22.3 Å². The van der Waals surface area contributed by atoms with Crippen LogP contribution in [0.2, 0.25) is 0 Å². The van der Waals surface area contributed by atoms with Gasteiger partial charge in [0.05, 0.1) is 12.2 Å². The zero-order valence-electron chi connectivity index (χ0n) is 16.2. The van der Waals surface area contributed by atoms with E-state index in [1.54, 1.807) is 30.3 Å². The minimum atomic E-state index is -5.13. The van der Waals surface area contributed by atoms with Gasteiger partial charge in [-0.1, -0.05) is 30.3 Å². The molecule has 4 unspecified atom stereocenters. The van der Waals surface area contributed by atoms with E-state index in [1.165, 1.54) is 0 Å². The highest BCUT2D eigenvalue weighted by Crippen LogP contribution is 2.43. The number of ether oxygens (including phenoxy) is 1. The van der Waals surface area contributed by atoms with Crippen molar-refractivity contribution in [1.29, 1.82) is 0 Å². The summed E-state index contributed by atoms with van der Waals surface area (Å²) in [6.45, 7) is -0.498.